The van der Waals surface area contributed by atoms with Crippen molar-refractivity contribution in [3.8, 4) is 5.75 Å². The van der Waals surface area contributed by atoms with Gasteiger partial charge in [0.15, 0.2) is 5.75 Å². The van der Waals surface area contributed by atoms with Crippen LogP contribution in [0.1, 0.15) is 13.8 Å². The first kappa shape index (κ1) is 11.7. The third-order valence-corrected chi connectivity index (χ3v) is 2.22. The molecule has 0 aliphatic carbocycles. The van der Waals surface area contributed by atoms with Crippen LogP contribution in [0.15, 0.2) is 12.4 Å². The molecule has 0 amide bonds. The number of hydrogen-bond donors (Lipinski definition) is 1. The maximum atomic E-state index is 5.47. The Morgan fingerprint density at radius 3 is 2.40 bits per heavy atom. The first-order valence-corrected chi connectivity index (χ1v) is 5.19. The van der Waals surface area contributed by atoms with E-state index in [1.807, 2.05) is 0 Å². The second-order valence-electron chi connectivity index (χ2n) is 3.15. The van der Waals surface area contributed by atoms with Gasteiger partial charge in [0.05, 0.1) is 12.4 Å². The van der Waals surface area contributed by atoms with Gasteiger partial charge in [-0.25, -0.2) is 9.97 Å². The normalized spacial score (nSPS) is 10.6. The van der Waals surface area contributed by atoms with Gasteiger partial charge in [-0.3, -0.25) is 0 Å². The second-order valence-corrected chi connectivity index (χ2v) is 3.15. The van der Waals surface area contributed by atoms with Crippen molar-refractivity contribution in [3.05, 3.63) is 12.4 Å². The van der Waals surface area contributed by atoms with Crippen LogP contribution in [0, 0.1) is 0 Å². The summed E-state index contributed by atoms with van der Waals surface area (Å²) in [5.74, 6) is 0.933. The summed E-state index contributed by atoms with van der Waals surface area (Å²) in [7, 11) is 0. The van der Waals surface area contributed by atoms with Crippen molar-refractivity contribution in [2.24, 2.45) is 0 Å². The Bertz CT molecular complexity index is 271. The summed E-state index contributed by atoms with van der Waals surface area (Å²) in [6.07, 6.45) is 3.18. The molecule has 0 aromatic carbocycles. The molecule has 1 aromatic heterocycles. The zero-order valence-corrected chi connectivity index (χ0v) is 9.31. The number of nitrogen functional groups attached to an aromatic ring is 1. The van der Waals surface area contributed by atoms with E-state index in [-0.39, 0.29) is 5.95 Å². The molecule has 0 saturated carbocycles. The first-order valence-electron chi connectivity index (χ1n) is 5.19. The fraction of sp³-hybridized carbons (Fsp3) is 0.600. The van der Waals surface area contributed by atoms with E-state index in [2.05, 4.69) is 28.7 Å². The monoisotopic (exact) mass is 210 g/mol. The molecule has 0 saturated heterocycles. The number of rotatable bonds is 6. The molecule has 0 bridgehead atoms. The number of ether oxygens (including phenoxy) is 1. The largest absolute Gasteiger partial charge is 0.489 e. The fourth-order valence-corrected chi connectivity index (χ4v) is 1.23. The Hall–Kier alpha value is -1.36. The van der Waals surface area contributed by atoms with Crippen LogP contribution in [0.4, 0.5) is 5.95 Å². The van der Waals surface area contributed by atoms with E-state index in [4.69, 9.17) is 10.5 Å². The van der Waals surface area contributed by atoms with Crippen LogP contribution in [0.3, 0.4) is 0 Å². The van der Waals surface area contributed by atoms with Crippen molar-refractivity contribution in [2.45, 2.75) is 13.8 Å². The molecule has 2 N–H and O–H groups in total. The van der Waals surface area contributed by atoms with Crippen molar-refractivity contribution in [1.29, 1.82) is 0 Å². The lowest BCUT2D eigenvalue weighted by atomic mass is 10.5. The van der Waals surface area contributed by atoms with Crippen LogP contribution in [0.5, 0.6) is 5.75 Å². The smallest absolute Gasteiger partial charge is 0.220 e. The highest BCUT2D eigenvalue weighted by Gasteiger charge is 1.99. The van der Waals surface area contributed by atoms with E-state index >= 15 is 0 Å². The van der Waals surface area contributed by atoms with Crippen LogP contribution >= 0.6 is 0 Å². The number of nitrogens with zero attached hydrogens (tertiary/aromatic N) is 3. The van der Waals surface area contributed by atoms with Crippen LogP contribution in [-0.4, -0.2) is 41.1 Å². The minimum absolute atomic E-state index is 0.270. The standard InChI is InChI=1S/C10H18N4O/c1-3-14(4-2)5-6-15-9-7-12-10(11)13-8-9/h7-8H,3-6H2,1-2H3,(H2,11,12,13). The summed E-state index contributed by atoms with van der Waals surface area (Å²) in [4.78, 5) is 9.98. The Morgan fingerprint density at radius 2 is 1.87 bits per heavy atom. The highest BCUT2D eigenvalue weighted by molar-refractivity contribution is 5.20. The van der Waals surface area contributed by atoms with E-state index in [1.54, 1.807) is 12.4 Å². The Balaban J connectivity index is 2.28. The van der Waals surface area contributed by atoms with Crippen molar-refractivity contribution in [3.63, 3.8) is 0 Å². The van der Waals surface area contributed by atoms with E-state index in [0.29, 0.717) is 12.4 Å². The van der Waals surface area contributed by atoms with Crippen LogP contribution in [0.25, 0.3) is 0 Å². The summed E-state index contributed by atoms with van der Waals surface area (Å²) in [5.41, 5.74) is 5.36. The molecular formula is C10H18N4O. The molecule has 0 radical (unpaired) electrons. The van der Waals surface area contributed by atoms with Crippen LogP contribution in [0.2, 0.25) is 0 Å². The van der Waals surface area contributed by atoms with Crippen LogP contribution < -0.4 is 10.5 Å². The van der Waals surface area contributed by atoms with Gasteiger partial charge < -0.3 is 15.4 Å². The summed E-state index contributed by atoms with van der Waals surface area (Å²) >= 11 is 0. The molecule has 0 fully saturated rings. The topological polar surface area (TPSA) is 64.3 Å². The zero-order chi connectivity index (χ0) is 11.1. The van der Waals surface area contributed by atoms with E-state index in [1.165, 1.54) is 0 Å². The molecule has 1 rings (SSSR count). The molecule has 0 aliphatic heterocycles. The van der Waals surface area contributed by atoms with Crippen molar-refractivity contribution in [1.82, 2.24) is 14.9 Å². The van der Waals surface area contributed by atoms with Gasteiger partial charge >= 0.3 is 0 Å². The van der Waals surface area contributed by atoms with Gasteiger partial charge in [-0.05, 0) is 13.1 Å². The number of nitrogens with two attached hydrogens (primary N) is 1. The Labute approximate surface area is 90.3 Å². The highest BCUT2D eigenvalue weighted by Crippen LogP contribution is 2.06. The number of likely N-dealkylation sites (N-methyl/N-ethyl adjacent to an activating group) is 1. The molecule has 5 heteroatoms. The lowest BCUT2D eigenvalue weighted by Gasteiger charge is -2.17. The maximum absolute atomic E-state index is 5.47. The lowest BCUT2D eigenvalue weighted by Crippen LogP contribution is -2.27. The number of aromatic nitrogens is 2. The third kappa shape index (κ3) is 4.12. The maximum Gasteiger partial charge on any atom is 0.220 e. The molecular weight excluding hydrogens is 192 g/mol. The molecule has 1 heterocycles. The number of anilines is 1. The lowest BCUT2D eigenvalue weighted by molar-refractivity contribution is 0.222. The zero-order valence-electron chi connectivity index (χ0n) is 9.31. The summed E-state index contributed by atoms with van der Waals surface area (Å²) in [5, 5.41) is 0. The van der Waals surface area contributed by atoms with Gasteiger partial charge in [-0.15, -0.1) is 0 Å². The van der Waals surface area contributed by atoms with Crippen molar-refractivity contribution in [2.75, 3.05) is 32.0 Å². The molecule has 0 aliphatic rings. The summed E-state index contributed by atoms with van der Waals surface area (Å²) in [6.45, 7) is 7.91. The van der Waals surface area contributed by atoms with Gasteiger partial charge in [0.25, 0.3) is 0 Å². The van der Waals surface area contributed by atoms with Crippen molar-refractivity contribution < 1.29 is 4.74 Å². The second kappa shape index (κ2) is 6.19. The first-order chi connectivity index (χ1) is 7.26. The quantitative estimate of drug-likeness (QED) is 0.751. The average Bonchev–Trinajstić information content (AvgIpc) is 2.27. The Morgan fingerprint density at radius 1 is 1.27 bits per heavy atom. The molecule has 84 valence electrons. The predicted molar refractivity (Wildman–Crippen MR) is 59.7 cm³/mol. The predicted octanol–water partition coefficient (Wildman–Crippen LogP) is 0.779. The van der Waals surface area contributed by atoms with Gasteiger partial charge in [0.2, 0.25) is 5.95 Å². The van der Waals surface area contributed by atoms with Crippen molar-refractivity contribution >= 4 is 5.95 Å². The van der Waals surface area contributed by atoms with Crippen LogP contribution in [-0.2, 0) is 0 Å². The van der Waals surface area contributed by atoms with Gasteiger partial charge in [0, 0.05) is 6.54 Å². The molecule has 15 heavy (non-hydrogen) atoms. The molecule has 1 aromatic rings. The SMILES string of the molecule is CCN(CC)CCOc1cnc(N)nc1. The molecule has 0 atom stereocenters. The average molecular weight is 210 g/mol. The third-order valence-electron chi connectivity index (χ3n) is 2.22. The van der Waals surface area contributed by atoms with E-state index in [0.717, 1.165) is 19.6 Å². The number of hydrogen-bond acceptors (Lipinski definition) is 5. The summed E-state index contributed by atoms with van der Waals surface area (Å²) in [6, 6.07) is 0. The van der Waals surface area contributed by atoms with E-state index in [9.17, 15) is 0 Å². The highest BCUT2D eigenvalue weighted by atomic mass is 16.5. The summed E-state index contributed by atoms with van der Waals surface area (Å²) < 4.78 is 5.47. The fourth-order valence-electron chi connectivity index (χ4n) is 1.23. The molecule has 5 nitrogen and oxygen atoms in total. The van der Waals surface area contributed by atoms with Gasteiger partial charge in [-0.2, -0.15) is 0 Å². The van der Waals surface area contributed by atoms with E-state index < -0.39 is 0 Å². The van der Waals surface area contributed by atoms with Gasteiger partial charge in [-0.1, -0.05) is 13.8 Å². The molecule has 0 spiro atoms. The van der Waals surface area contributed by atoms with Gasteiger partial charge in [0.1, 0.15) is 6.61 Å². The Kier molecular flexibility index (Phi) is 4.83. The molecule has 0 unspecified atom stereocenters. The minimum Gasteiger partial charge on any atom is -0.489 e. The minimum atomic E-state index is 0.270.